The molecule has 1 fully saturated rings. The quantitative estimate of drug-likeness (QED) is 0.276. The lowest BCUT2D eigenvalue weighted by molar-refractivity contribution is -0.136. The average Bonchev–Trinajstić information content (AvgIpc) is 2.89. The minimum Gasteiger partial charge on any atom is -0.489 e. The van der Waals surface area contributed by atoms with Gasteiger partial charge in [0, 0.05) is 23.9 Å². The monoisotopic (exact) mass is 499 g/mol. The van der Waals surface area contributed by atoms with E-state index in [0.29, 0.717) is 36.3 Å². The molecule has 6 heteroatoms. The van der Waals surface area contributed by atoms with Crippen LogP contribution in [0.4, 0.5) is 5.69 Å². The van der Waals surface area contributed by atoms with Crippen LogP contribution in [0.15, 0.2) is 66.7 Å². The second-order valence-electron chi connectivity index (χ2n) is 10.4. The number of aliphatic hydroxyl groups is 1. The van der Waals surface area contributed by atoms with E-state index in [1.54, 1.807) is 6.07 Å². The number of aliphatic carboxylic acids is 1. The number of para-hydroxylation sites is 1. The van der Waals surface area contributed by atoms with Gasteiger partial charge in [-0.2, -0.15) is 0 Å². The lowest BCUT2D eigenvalue weighted by Gasteiger charge is -2.39. The van der Waals surface area contributed by atoms with Crippen molar-refractivity contribution < 1.29 is 19.7 Å². The van der Waals surface area contributed by atoms with Crippen molar-refractivity contribution in [2.75, 3.05) is 11.9 Å². The van der Waals surface area contributed by atoms with Gasteiger partial charge in [-0.15, -0.1) is 0 Å². The van der Waals surface area contributed by atoms with E-state index in [1.165, 1.54) is 25.6 Å². The Morgan fingerprint density at radius 3 is 2.59 bits per heavy atom. The minimum absolute atomic E-state index is 0.0695. The van der Waals surface area contributed by atoms with Gasteiger partial charge in [-0.1, -0.05) is 61.6 Å². The SMILES string of the molecule is BCC(C)CC1CCC1Nc1cc(COc2ccccc2CC(=O)O)cc(-c2cccc(CCO)c2)c1. The maximum Gasteiger partial charge on any atom is 0.307 e. The fourth-order valence-electron chi connectivity index (χ4n) is 5.11. The lowest BCUT2D eigenvalue weighted by Crippen LogP contribution is -2.39. The number of ether oxygens (including phenoxy) is 1. The van der Waals surface area contributed by atoms with Crippen molar-refractivity contribution in [2.24, 2.45) is 11.8 Å². The summed E-state index contributed by atoms with van der Waals surface area (Å²) < 4.78 is 6.14. The number of rotatable bonds is 13. The summed E-state index contributed by atoms with van der Waals surface area (Å²) >= 11 is 0. The van der Waals surface area contributed by atoms with Gasteiger partial charge in [-0.05, 0) is 78.1 Å². The average molecular weight is 499 g/mol. The molecule has 0 aromatic heterocycles. The highest BCUT2D eigenvalue weighted by molar-refractivity contribution is 6.08. The zero-order valence-electron chi connectivity index (χ0n) is 22.0. The van der Waals surface area contributed by atoms with E-state index in [0.717, 1.165) is 33.9 Å². The fourth-order valence-corrected chi connectivity index (χ4v) is 5.11. The van der Waals surface area contributed by atoms with Gasteiger partial charge in [-0.3, -0.25) is 4.79 Å². The number of carboxylic acids is 1. The normalized spacial score (nSPS) is 17.6. The smallest absolute Gasteiger partial charge is 0.307 e. The van der Waals surface area contributed by atoms with Crippen molar-refractivity contribution in [2.45, 2.75) is 58.0 Å². The molecule has 0 saturated heterocycles. The standard InChI is InChI=1S/C31H38BNO4/c1-21(19-32)13-25-9-10-29(25)33-28-16-23(20-37-30-8-3-2-6-26(30)18-31(35)36)15-27(17-28)24-7-4-5-22(14-24)11-12-34/h2-8,14-17,21,25,29,33-34H,9-13,18-20,32H2,1H3,(H,35,36). The van der Waals surface area contributed by atoms with E-state index in [1.807, 2.05) is 30.3 Å². The second-order valence-corrected chi connectivity index (χ2v) is 10.4. The predicted octanol–water partition coefficient (Wildman–Crippen LogP) is 5.36. The van der Waals surface area contributed by atoms with Gasteiger partial charge in [0.2, 0.25) is 0 Å². The molecule has 0 radical (unpaired) electrons. The molecule has 1 aliphatic rings. The molecular weight excluding hydrogens is 461 g/mol. The van der Waals surface area contributed by atoms with Crippen LogP contribution in [-0.4, -0.2) is 36.7 Å². The number of carboxylic acid groups (broad SMARTS) is 1. The second kappa shape index (κ2) is 12.8. The summed E-state index contributed by atoms with van der Waals surface area (Å²) in [6, 6.07) is 22.6. The van der Waals surface area contributed by atoms with E-state index in [-0.39, 0.29) is 13.0 Å². The highest BCUT2D eigenvalue weighted by atomic mass is 16.5. The van der Waals surface area contributed by atoms with Gasteiger partial charge < -0.3 is 20.3 Å². The molecule has 3 aromatic carbocycles. The molecular formula is C31H38BNO4. The molecule has 0 amide bonds. The molecule has 0 spiro atoms. The highest BCUT2D eigenvalue weighted by Gasteiger charge is 2.31. The minimum atomic E-state index is -0.875. The zero-order chi connectivity index (χ0) is 26.2. The van der Waals surface area contributed by atoms with Crippen LogP contribution in [0.1, 0.15) is 42.9 Å². The van der Waals surface area contributed by atoms with Gasteiger partial charge in [0.25, 0.3) is 0 Å². The third-order valence-electron chi connectivity index (χ3n) is 7.53. The fraction of sp³-hybridized carbons (Fsp3) is 0.387. The van der Waals surface area contributed by atoms with Crippen LogP contribution in [0, 0.1) is 11.8 Å². The van der Waals surface area contributed by atoms with Gasteiger partial charge in [0.1, 0.15) is 20.2 Å². The molecule has 1 saturated carbocycles. The van der Waals surface area contributed by atoms with Crippen molar-refractivity contribution in [3.05, 3.63) is 83.4 Å². The number of anilines is 1. The maximum atomic E-state index is 11.3. The Balaban J connectivity index is 1.59. The molecule has 3 aromatic rings. The van der Waals surface area contributed by atoms with Gasteiger partial charge in [0.05, 0.1) is 6.42 Å². The Bertz CT molecular complexity index is 1200. The zero-order valence-corrected chi connectivity index (χ0v) is 22.0. The molecule has 4 rings (SSSR count). The molecule has 3 atom stereocenters. The number of aliphatic hydroxyl groups excluding tert-OH is 1. The Hall–Kier alpha value is -3.25. The predicted molar refractivity (Wildman–Crippen MR) is 152 cm³/mol. The first-order chi connectivity index (χ1) is 17.9. The molecule has 0 aliphatic heterocycles. The lowest BCUT2D eigenvalue weighted by atomic mass is 9.72. The summed E-state index contributed by atoms with van der Waals surface area (Å²) in [5, 5.41) is 22.5. The Labute approximate surface area is 221 Å². The van der Waals surface area contributed by atoms with Gasteiger partial charge >= 0.3 is 5.97 Å². The summed E-state index contributed by atoms with van der Waals surface area (Å²) in [5.41, 5.74) is 6.08. The van der Waals surface area contributed by atoms with Crippen molar-refractivity contribution in [3.8, 4) is 16.9 Å². The Morgan fingerprint density at radius 1 is 1.05 bits per heavy atom. The number of benzene rings is 3. The molecule has 3 N–H and O–H groups in total. The number of hydrogen-bond donors (Lipinski definition) is 3. The summed E-state index contributed by atoms with van der Waals surface area (Å²) in [5.74, 6) is 1.17. The highest BCUT2D eigenvalue weighted by Crippen LogP contribution is 2.37. The molecule has 0 bridgehead atoms. The Kier molecular flexibility index (Phi) is 9.29. The van der Waals surface area contributed by atoms with E-state index in [2.05, 4.69) is 50.4 Å². The third-order valence-corrected chi connectivity index (χ3v) is 7.53. The van der Waals surface area contributed by atoms with Crippen LogP contribution in [0.3, 0.4) is 0 Å². The topological polar surface area (TPSA) is 78.8 Å². The summed E-state index contributed by atoms with van der Waals surface area (Å²) in [4.78, 5) is 11.3. The van der Waals surface area contributed by atoms with Crippen molar-refractivity contribution in [1.29, 1.82) is 0 Å². The number of nitrogens with one attached hydrogen (secondary N) is 1. The van der Waals surface area contributed by atoms with Crippen LogP contribution in [-0.2, 0) is 24.2 Å². The van der Waals surface area contributed by atoms with E-state index < -0.39 is 5.97 Å². The van der Waals surface area contributed by atoms with E-state index in [4.69, 9.17) is 4.74 Å². The molecule has 37 heavy (non-hydrogen) atoms. The van der Waals surface area contributed by atoms with E-state index >= 15 is 0 Å². The molecule has 0 heterocycles. The summed E-state index contributed by atoms with van der Waals surface area (Å²) in [6.45, 7) is 2.81. The van der Waals surface area contributed by atoms with Crippen LogP contribution in [0.25, 0.3) is 11.1 Å². The molecule has 194 valence electrons. The van der Waals surface area contributed by atoms with Crippen LogP contribution in [0.5, 0.6) is 5.75 Å². The van der Waals surface area contributed by atoms with Crippen LogP contribution in [0.2, 0.25) is 6.32 Å². The first-order valence-corrected chi connectivity index (χ1v) is 13.5. The van der Waals surface area contributed by atoms with Crippen LogP contribution >= 0.6 is 0 Å². The molecule has 3 unspecified atom stereocenters. The largest absolute Gasteiger partial charge is 0.489 e. The summed E-state index contributed by atoms with van der Waals surface area (Å²) in [7, 11) is 2.26. The Morgan fingerprint density at radius 2 is 1.86 bits per heavy atom. The summed E-state index contributed by atoms with van der Waals surface area (Å²) in [6.07, 6.45) is 5.50. The van der Waals surface area contributed by atoms with Crippen LogP contribution < -0.4 is 10.1 Å². The van der Waals surface area contributed by atoms with Crippen molar-refractivity contribution in [3.63, 3.8) is 0 Å². The molecule has 1 aliphatic carbocycles. The molecule has 5 nitrogen and oxygen atoms in total. The van der Waals surface area contributed by atoms with Crippen molar-refractivity contribution in [1.82, 2.24) is 0 Å². The van der Waals surface area contributed by atoms with Gasteiger partial charge in [-0.25, -0.2) is 0 Å². The van der Waals surface area contributed by atoms with Crippen molar-refractivity contribution >= 4 is 19.5 Å². The van der Waals surface area contributed by atoms with Gasteiger partial charge in [0.15, 0.2) is 0 Å². The first-order valence-electron chi connectivity index (χ1n) is 13.5. The number of hydrogen-bond acceptors (Lipinski definition) is 4. The first kappa shape index (κ1) is 26.8. The number of carbonyl (C=O) groups is 1. The third kappa shape index (κ3) is 7.39. The maximum absolute atomic E-state index is 11.3. The van der Waals surface area contributed by atoms with E-state index in [9.17, 15) is 15.0 Å².